The molecule has 0 aromatic heterocycles. The number of imide groups is 1. The summed E-state index contributed by atoms with van der Waals surface area (Å²) >= 11 is 0. The molecule has 0 aliphatic carbocycles. The van der Waals surface area contributed by atoms with E-state index in [1.54, 1.807) is 18.2 Å². The van der Waals surface area contributed by atoms with Crippen molar-refractivity contribution < 1.29 is 19.2 Å². The van der Waals surface area contributed by atoms with Crippen LogP contribution in [0.4, 0.5) is 0 Å². The first kappa shape index (κ1) is 16.7. The molecule has 2 aliphatic heterocycles. The predicted molar refractivity (Wildman–Crippen MR) is 88.3 cm³/mol. The minimum Gasteiger partial charge on any atom is -0.351 e. The van der Waals surface area contributed by atoms with Crippen LogP contribution in [0.3, 0.4) is 0 Å². The number of carbonyl (C=O) groups excluding carboxylic acids is 4. The maximum Gasteiger partial charge on any atom is 0.255 e. The molecule has 0 saturated carbocycles. The minimum atomic E-state index is -0.699. The second kappa shape index (κ2) is 6.77. The highest BCUT2D eigenvalue weighted by molar-refractivity contribution is 6.07. The van der Waals surface area contributed by atoms with Crippen molar-refractivity contribution in [2.24, 2.45) is 0 Å². The third-order valence-electron chi connectivity index (χ3n) is 4.38. The Bertz CT molecular complexity index is 809. The Labute approximate surface area is 144 Å². The third kappa shape index (κ3) is 3.11. The van der Waals surface area contributed by atoms with Crippen LogP contribution in [0.2, 0.25) is 0 Å². The number of terminal acetylenes is 1. The Hall–Kier alpha value is -3.14. The first-order valence-corrected chi connectivity index (χ1v) is 8.01. The van der Waals surface area contributed by atoms with Gasteiger partial charge in [0.1, 0.15) is 6.04 Å². The molecule has 0 bridgehead atoms. The molecule has 1 aromatic rings. The molecule has 2 N–H and O–H groups in total. The fraction of sp³-hybridized carbons (Fsp3) is 0.333. The van der Waals surface area contributed by atoms with Crippen LogP contribution in [0.15, 0.2) is 18.2 Å². The molecule has 2 aliphatic rings. The van der Waals surface area contributed by atoms with E-state index in [0.29, 0.717) is 29.7 Å². The highest BCUT2D eigenvalue weighted by Crippen LogP contribution is 2.29. The van der Waals surface area contributed by atoms with Gasteiger partial charge in [0, 0.05) is 37.1 Å². The van der Waals surface area contributed by atoms with Crippen molar-refractivity contribution in [1.29, 1.82) is 0 Å². The molecule has 0 spiro atoms. The van der Waals surface area contributed by atoms with Crippen LogP contribution in [0.25, 0.3) is 0 Å². The van der Waals surface area contributed by atoms with Gasteiger partial charge in [-0.25, -0.2) is 0 Å². The number of piperidine rings is 1. The minimum absolute atomic E-state index is 0.166. The van der Waals surface area contributed by atoms with E-state index in [0.717, 1.165) is 0 Å². The normalized spacial score (nSPS) is 19.2. The average molecular weight is 339 g/mol. The van der Waals surface area contributed by atoms with Crippen LogP contribution in [-0.4, -0.2) is 41.1 Å². The number of nitrogens with zero attached hydrogens (tertiary/aromatic N) is 1. The van der Waals surface area contributed by atoms with Crippen molar-refractivity contribution in [3.63, 3.8) is 0 Å². The van der Waals surface area contributed by atoms with E-state index in [-0.39, 0.29) is 37.1 Å². The molecule has 2 heterocycles. The van der Waals surface area contributed by atoms with Crippen molar-refractivity contribution in [2.45, 2.75) is 31.8 Å². The van der Waals surface area contributed by atoms with Gasteiger partial charge in [-0.2, -0.15) is 0 Å². The fourth-order valence-corrected chi connectivity index (χ4v) is 3.14. The number of fused-ring (bicyclic) bond motifs is 1. The first-order chi connectivity index (χ1) is 12.0. The van der Waals surface area contributed by atoms with E-state index in [9.17, 15) is 19.2 Å². The van der Waals surface area contributed by atoms with Crippen LogP contribution in [-0.2, 0) is 16.1 Å². The lowest BCUT2D eigenvalue weighted by atomic mass is 10.0. The molecule has 0 radical (unpaired) electrons. The topological polar surface area (TPSA) is 95.6 Å². The molecule has 4 amide bonds. The maximum atomic E-state index is 12.7. The molecule has 1 unspecified atom stereocenters. The molecule has 1 aromatic carbocycles. The Morgan fingerprint density at radius 1 is 1.36 bits per heavy atom. The number of amides is 4. The number of benzene rings is 1. The maximum absolute atomic E-state index is 12.7. The highest BCUT2D eigenvalue weighted by atomic mass is 16.2. The predicted octanol–water partition coefficient (Wildman–Crippen LogP) is 0.201. The van der Waals surface area contributed by atoms with Crippen LogP contribution in [0, 0.1) is 12.3 Å². The van der Waals surface area contributed by atoms with Gasteiger partial charge in [-0.3, -0.25) is 24.5 Å². The standard InChI is InChI=1S/C18H17N3O4/c1-2-3-9-19-16(23)11-5-4-6-12-13(11)10-21(18(12)25)14-7-8-15(22)20-17(14)24/h1,4-6,14H,3,7-10H2,(H,19,23)(H,20,22,24). The molecule has 3 rings (SSSR count). The Balaban J connectivity index is 1.83. The molecule has 25 heavy (non-hydrogen) atoms. The lowest BCUT2D eigenvalue weighted by Gasteiger charge is -2.29. The van der Waals surface area contributed by atoms with Gasteiger partial charge in [0.15, 0.2) is 0 Å². The van der Waals surface area contributed by atoms with Gasteiger partial charge in [-0.05, 0) is 24.1 Å². The number of nitrogens with one attached hydrogen (secondary N) is 2. The molecule has 1 saturated heterocycles. The monoisotopic (exact) mass is 339 g/mol. The zero-order valence-corrected chi connectivity index (χ0v) is 13.5. The summed E-state index contributed by atoms with van der Waals surface area (Å²) in [6.45, 7) is 0.517. The molecule has 128 valence electrons. The van der Waals surface area contributed by atoms with Crippen molar-refractivity contribution in [3.05, 3.63) is 34.9 Å². The summed E-state index contributed by atoms with van der Waals surface area (Å²) in [6.07, 6.45) is 6.07. The van der Waals surface area contributed by atoms with E-state index in [1.165, 1.54) is 4.90 Å². The van der Waals surface area contributed by atoms with Gasteiger partial charge in [-0.15, -0.1) is 12.3 Å². The van der Waals surface area contributed by atoms with E-state index in [1.807, 2.05) is 0 Å². The van der Waals surface area contributed by atoms with Crippen molar-refractivity contribution in [3.8, 4) is 12.3 Å². The molecule has 7 nitrogen and oxygen atoms in total. The number of hydrogen-bond donors (Lipinski definition) is 2. The molecule has 7 heteroatoms. The highest BCUT2D eigenvalue weighted by Gasteiger charge is 2.40. The third-order valence-corrected chi connectivity index (χ3v) is 4.38. The Kier molecular flexibility index (Phi) is 4.52. The van der Waals surface area contributed by atoms with E-state index in [2.05, 4.69) is 16.6 Å². The molecular formula is C18H17N3O4. The summed E-state index contributed by atoms with van der Waals surface area (Å²) < 4.78 is 0. The van der Waals surface area contributed by atoms with Crippen molar-refractivity contribution in [2.75, 3.05) is 6.54 Å². The largest absolute Gasteiger partial charge is 0.351 e. The van der Waals surface area contributed by atoms with Gasteiger partial charge in [-0.1, -0.05) is 6.07 Å². The van der Waals surface area contributed by atoms with E-state index < -0.39 is 11.9 Å². The van der Waals surface area contributed by atoms with Crippen LogP contribution in [0.5, 0.6) is 0 Å². The van der Waals surface area contributed by atoms with Crippen molar-refractivity contribution in [1.82, 2.24) is 15.5 Å². The fourth-order valence-electron chi connectivity index (χ4n) is 3.14. The quantitative estimate of drug-likeness (QED) is 0.465. The van der Waals surface area contributed by atoms with Gasteiger partial charge < -0.3 is 10.2 Å². The van der Waals surface area contributed by atoms with E-state index in [4.69, 9.17) is 6.42 Å². The SMILES string of the molecule is C#CCCNC(=O)c1cccc2c1CN(C1CCC(=O)NC1=O)C2=O. The second-order valence-corrected chi connectivity index (χ2v) is 5.94. The average Bonchev–Trinajstić information content (AvgIpc) is 2.92. The Morgan fingerprint density at radius 3 is 2.88 bits per heavy atom. The summed E-state index contributed by atoms with van der Waals surface area (Å²) in [5.41, 5.74) is 1.40. The van der Waals surface area contributed by atoms with Crippen LogP contribution >= 0.6 is 0 Å². The lowest BCUT2D eigenvalue weighted by molar-refractivity contribution is -0.136. The second-order valence-electron chi connectivity index (χ2n) is 5.94. The van der Waals surface area contributed by atoms with Gasteiger partial charge in [0.25, 0.3) is 11.8 Å². The smallest absolute Gasteiger partial charge is 0.255 e. The Morgan fingerprint density at radius 2 is 2.16 bits per heavy atom. The summed E-state index contributed by atoms with van der Waals surface area (Å²) in [6, 6.07) is 4.23. The summed E-state index contributed by atoms with van der Waals surface area (Å²) in [5.74, 6) is 1.03. The zero-order valence-electron chi connectivity index (χ0n) is 13.5. The molecular weight excluding hydrogens is 322 g/mol. The van der Waals surface area contributed by atoms with E-state index >= 15 is 0 Å². The van der Waals surface area contributed by atoms with Gasteiger partial charge >= 0.3 is 0 Å². The van der Waals surface area contributed by atoms with Crippen LogP contribution < -0.4 is 10.6 Å². The molecule has 1 atom stereocenters. The number of carbonyl (C=O) groups is 4. The zero-order chi connectivity index (χ0) is 18.0. The number of rotatable bonds is 4. The summed E-state index contributed by atoms with van der Waals surface area (Å²) in [5, 5.41) is 4.97. The summed E-state index contributed by atoms with van der Waals surface area (Å²) in [7, 11) is 0. The first-order valence-electron chi connectivity index (χ1n) is 8.01. The van der Waals surface area contributed by atoms with Gasteiger partial charge in [0.05, 0.1) is 0 Å². The van der Waals surface area contributed by atoms with Crippen molar-refractivity contribution >= 4 is 23.6 Å². The lowest BCUT2D eigenvalue weighted by Crippen LogP contribution is -2.52. The molecule has 1 fully saturated rings. The van der Waals surface area contributed by atoms with Crippen LogP contribution in [0.1, 0.15) is 45.5 Å². The number of hydrogen-bond acceptors (Lipinski definition) is 4. The van der Waals surface area contributed by atoms with Gasteiger partial charge in [0.2, 0.25) is 11.8 Å². The summed E-state index contributed by atoms with van der Waals surface area (Å²) in [4.78, 5) is 49.8.